The van der Waals surface area contributed by atoms with Crippen molar-refractivity contribution in [3.8, 4) is 11.4 Å². The molecule has 3 heterocycles. The minimum Gasteiger partial charge on any atom is -0.251 e. The summed E-state index contributed by atoms with van der Waals surface area (Å²) in [6.07, 6.45) is 2.19. The molecule has 3 rings (SSSR count). The SMILES string of the molecule is CCC(C)c1c(-c2ccc(F)cn2)nc2ccc(C)nn12. The number of fused-ring (bicyclic) bond motifs is 1. The van der Waals surface area contributed by atoms with Crippen LogP contribution in [0.1, 0.15) is 37.6 Å². The molecule has 4 nitrogen and oxygen atoms in total. The maximum atomic E-state index is 13.1. The van der Waals surface area contributed by atoms with Crippen molar-refractivity contribution >= 4 is 5.65 Å². The first-order chi connectivity index (χ1) is 10.1. The van der Waals surface area contributed by atoms with Gasteiger partial charge in [-0.3, -0.25) is 4.98 Å². The number of rotatable bonds is 3. The van der Waals surface area contributed by atoms with E-state index in [2.05, 4.69) is 28.9 Å². The van der Waals surface area contributed by atoms with Crippen LogP contribution in [-0.2, 0) is 0 Å². The monoisotopic (exact) mass is 284 g/mol. The van der Waals surface area contributed by atoms with E-state index in [9.17, 15) is 4.39 Å². The molecule has 3 aromatic heterocycles. The molecule has 0 bridgehead atoms. The summed E-state index contributed by atoms with van der Waals surface area (Å²) in [4.78, 5) is 8.80. The Morgan fingerprint density at radius 2 is 2.05 bits per heavy atom. The molecule has 0 saturated heterocycles. The summed E-state index contributed by atoms with van der Waals surface area (Å²) in [5, 5.41) is 4.56. The maximum Gasteiger partial charge on any atom is 0.154 e. The highest BCUT2D eigenvalue weighted by Crippen LogP contribution is 2.30. The lowest BCUT2D eigenvalue weighted by Gasteiger charge is -2.10. The Kier molecular flexibility index (Phi) is 3.41. The second-order valence-electron chi connectivity index (χ2n) is 5.26. The number of aryl methyl sites for hydroxylation is 1. The fourth-order valence-electron chi connectivity index (χ4n) is 2.38. The zero-order valence-electron chi connectivity index (χ0n) is 12.3. The second kappa shape index (κ2) is 5.24. The van der Waals surface area contributed by atoms with Crippen LogP contribution >= 0.6 is 0 Å². The van der Waals surface area contributed by atoms with E-state index in [0.29, 0.717) is 5.69 Å². The Labute approximate surface area is 122 Å². The summed E-state index contributed by atoms with van der Waals surface area (Å²) in [7, 11) is 0. The van der Waals surface area contributed by atoms with Crippen molar-refractivity contribution in [1.29, 1.82) is 0 Å². The van der Waals surface area contributed by atoms with Gasteiger partial charge in [0.15, 0.2) is 5.65 Å². The van der Waals surface area contributed by atoms with Gasteiger partial charge in [0.1, 0.15) is 11.5 Å². The topological polar surface area (TPSA) is 43.1 Å². The number of halogens is 1. The predicted molar refractivity (Wildman–Crippen MR) is 79.6 cm³/mol. The van der Waals surface area contributed by atoms with Gasteiger partial charge in [-0.2, -0.15) is 5.10 Å². The summed E-state index contributed by atoms with van der Waals surface area (Å²) in [5.74, 6) is -0.0577. The highest BCUT2D eigenvalue weighted by atomic mass is 19.1. The lowest BCUT2D eigenvalue weighted by atomic mass is 10.0. The summed E-state index contributed by atoms with van der Waals surface area (Å²) < 4.78 is 15.0. The molecule has 0 N–H and O–H groups in total. The van der Waals surface area contributed by atoms with Crippen LogP contribution in [-0.4, -0.2) is 19.6 Å². The fourth-order valence-corrected chi connectivity index (χ4v) is 2.38. The molecular weight excluding hydrogens is 267 g/mol. The normalized spacial score (nSPS) is 12.8. The zero-order valence-corrected chi connectivity index (χ0v) is 12.3. The maximum absolute atomic E-state index is 13.1. The molecule has 0 fully saturated rings. The van der Waals surface area contributed by atoms with Crippen LogP contribution in [0.3, 0.4) is 0 Å². The average molecular weight is 284 g/mol. The largest absolute Gasteiger partial charge is 0.251 e. The van der Waals surface area contributed by atoms with Gasteiger partial charge in [0.2, 0.25) is 0 Å². The predicted octanol–water partition coefficient (Wildman–Crippen LogP) is 3.75. The molecule has 0 radical (unpaired) electrons. The van der Waals surface area contributed by atoms with Crippen LogP contribution < -0.4 is 0 Å². The van der Waals surface area contributed by atoms with Gasteiger partial charge in [0.25, 0.3) is 0 Å². The van der Waals surface area contributed by atoms with Crippen LogP contribution in [0.2, 0.25) is 0 Å². The van der Waals surface area contributed by atoms with Crippen molar-refractivity contribution in [3.05, 3.63) is 47.7 Å². The quantitative estimate of drug-likeness (QED) is 0.735. The van der Waals surface area contributed by atoms with Crippen molar-refractivity contribution < 1.29 is 4.39 Å². The van der Waals surface area contributed by atoms with Gasteiger partial charge in [-0.05, 0) is 37.6 Å². The molecule has 5 heteroatoms. The van der Waals surface area contributed by atoms with E-state index in [4.69, 9.17) is 0 Å². The number of hydrogen-bond donors (Lipinski definition) is 0. The molecule has 3 aromatic rings. The van der Waals surface area contributed by atoms with Crippen LogP contribution in [0.5, 0.6) is 0 Å². The fraction of sp³-hybridized carbons (Fsp3) is 0.312. The standard InChI is InChI=1S/C16H17FN4/c1-4-10(2)16-15(13-7-6-12(17)9-18-13)19-14-8-5-11(3)20-21(14)16/h5-10H,4H2,1-3H3. The lowest BCUT2D eigenvalue weighted by molar-refractivity contribution is 0.621. The van der Waals surface area contributed by atoms with Crippen molar-refractivity contribution in [2.24, 2.45) is 0 Å². The van der Waals surface area contributed by atoms with Gasteiger partial charge < -0.3 is 0 Å². The number of aromatic nitrogens is 4. The summed E-state index contributed by atoms with van der Waals surface area (Å²) >= 11 is 0. The minimum absolute atomic E-state index is 0.288. The van der Waals surface area contributed by atoms with E-state index >= 15 is 0 Å². The Bertz CT molecular complexity index is 777. The molecule has 1 unspecified atom stereocenters. The highest BCUT2D eigenvalue weighted by Gasteiger charge is 2.20. The lowest BCUT2D eigenvalue weighted by Crippen LogP contribution is -2.04. The first-order valence-corrected chi connectivity index (χ1v) is 7.08. The summed E-state index contributed by atoms with van der Waals surface area (Å²) in [6.45, 7) is 6.22. The second-order valence-corrected chi connectivity index (χ2v) is 5.26. The third-order valence-corrected chi connectivity index (χ3v) is 3.69. The number of imidazole rings is 1. The van der Waals surface area contributed by atoms with Gasteiger partial charge in [-0.25, -0.2) is 13.9 Å². The van der Waals surface area contributed by atoms with Crippen molar-refractivity contribution in [1.82, 2.24) is 19.6 Å². The third kappa shape index (κ3) is 2.39. The molecule has 0 aromatic carbocycles. The Morgan fingerprint density at radius 1 is 1.24 bits per heavy atom. The van der Waals surface area contributed by atoms with Crippen molar-refractivity contribution in [2.45, 2.75) is 33.1 Å². The van der Waals surface area contributed by atoms with Crippen LogP contribution in [0.15, 0.2) is 30.5 Å². The highest BCUT2D eigenvalue weighted by molar-refractivity contribution is 5.63. The molecule has 0 amide bonds. The average Bonchev–Trinajstić information content (AvgIpc) is 2.85. The third-order valence-electron chi connectivity index (χ3n) is 3.69. The van der Waals surface area contributed by atoms with Gasteiger partial charge in [-0.1, -0.05) is 13.8 Å². The van der Waals surface area contributed by atoms with E-state index in [1.54, 1.807) is 6.07 Å². The molecule has 0 aliphatic rings. The molecule has 21 heavy (non-hydrogen) atoms. The van der Waals surface area contributed by atoms with Crippen LogP contribution in [0.25, 0.3) is 17.0 Å². The molecule has 0 saturated carbocycles. The Balaban J connectivity index is 2.28. The number of hydrogen-bond acceptors (Lipinski definition) is 3. The molecule has 108 valence electrons. The first-order valence-electron chi connectivity index (χ1n) is 7.08. The number of pyridine rings is 1. The smallest absolute Gasteiger partial charge is 0.154 e. The van der Waals surface area contributed by atoms with E-state index in [-0.39, 0.29) is 11.7 Å². The van der Waals surface area contributed by atoms with E-state index < -0.39 is 0 Å². The van der Waals surface area contributed by atoms with E-state index in [0.717, 1.165) is 29.1 Å². The number of nitrogens with zero attached hydrogens (tertiary/aromatic N) is 4. The van der Waals surface area contributed by atoms with Crippen LogP contribution in [0.4, 0.5) is 4.39 Å². The molecule has 0 spiro atoms. The summed E-state index contributed by atoms with van der Waals surface area (Å²) in [6, 6.07) is 6.95. The van der Waals surface area contributed by atoms with Gasteiger partial charge in [-0.15, -0.1) is 0 Å². The van der Waals surface area contributed by atoms with Gasteiger partial charge in [0, 0.05) is 5.92 Å². The first kappa shape index (κ1) is 13.7. The van der Waals surface area contributed by atoms with Crippen molar-refractivity contribution in [2.75, 3.05) is 0 Å². The van der Waals surface area contributed by atoms with Crippen molar-refractivity contribution in [3.63, 3.8) is 0 Å². The molecule has 1 atom stereocenters. The summed E-state index contributed by atoms with van der Waals surface area (Å²) in [5.41, 5.74) is 4.20. The molecular formula is C16H17FN4. The van der Waals surface area contributed by atoms with E-state index in [1.165, 1.54) is 12.3 Å². The molecule has 0 aliphatic heterocycles. The minimum atomic E-state index is -0.346. The zero-order chi connectivity index (χ0) is 15.0. The van der Waals surface area contributed by atoms with Crippen LogP contribution in [0, 0.1) is 12.7 Å². The Hall–Kier alpha value is -2.30. The van der Waals surface area contributed by atoms with E-state index in [1.807, 2.05) is 23.6 Å². The Morgan fingerprint density at radius 3 is 2.71 bits per heavy atom. The van der Waals surface area contributed by atoms with Gasteiger partial charge >= 0.3 is 0 Å². The molecule has 0 aliphatic carbocycles. The van der Waals surface area contributed by atoms with Gasteiger partial charge in [0.05, 0.1) is 23.3 Å².